The SMILES string of the molecule is O=c1[nH]cc(C2CC2)c2cc(CN[C@H]3CCC[C@H]3O)[nH]c12. The molecule has 0 radical (unpaired) electrons. The molecule has 5 heteroatoms. The zero-order valence-electron chi connectivity index (χ0n) is 12.0. The highest BCUT2D eigenvalue weighted by atomic mass is 16.3. The summed E-state index contributed by atoms with van der Waals surface area (Å²) in [6.45, 7) is 0.667. The van der Waals surface area contributed by atoms with E-state index < -0.39 is 0 Å². The van der Waals surface area contributed by atoms with Gasteiger partial charge in [-0.05, 0) is 49.7 Å². The summed E-state index contributed by atoms with van der Waals surface area (Å²) in [5, 5.41) is 14.3. The molecule has 2 heterocycles. The van der Waals surface area contributed by atoms with E-state index in [9.17, 15) is 9.90 Å². The number of fused-ring (bicyclic) bond motifs is 1. The minimum atomic E-state index is -0.236. The fourth-order valence-corrected chi connectivity index (χ4v) is 3.46. The zero-order chi connectivity index (χ0) is 14.4. The first-order valence-electron chi connectivity index (χ1n) is 7.87. The number of pyridine rings is 1. The predicted octanol–water partition coefficient (Wildman–Crippen LogP) is 1.74. The van der Waals surface area contributed by atoms with Crippen molar-refractivity contribution < 1.29 is 5.11 Å². The third-order valence-electron chi connectivity index (χ3n) is 4.82. The van der Waals surface area contributed by atoms with Crippen LogP contribution in [0.25, 0.3) is 10.9 Å². The van der Waals surface area contributed by atoms with Gasteiger partial charge in [-0.25, -0.2) is 0 Å². The molecule has 2 aliphatic carbocycles. The third kappa shape index (κ3) is 2.40. The Balaban J connectivity index is 1.59. The average molecular weight is 287 g/mol. The van der Waals surface area contributed by atoms with Crippen LogP contribution in [0.15, 0.2) is 17.1 Å². The van der Waals surface area contributed by atoms with E-state index in [0.29, 0.717) is 18.0 Å². The van der Waals surface area contributed by atoms with Gasteiger partial charge in [0.2, 0.25) is 0 Å². The molecule has 0 saturated heterocycles. The number of nitrogens with one attached hydrogen (secondary N) is 3. The van der Waals surface area contributed by atoms with Crippen molar-refractivity contribution in [2.24, 2.45) is 0 Å². The Hall–Kier alpha value is -1.59. The Kier molecular flexibility index (Phi) is 3.12. The molecule has 2 aliphatic rings. The van der Waals surface area contributed by atoms with E-state index >= 15 is 0 Å². The van der Waals surface area contributed by atoms with Crippen LogP contribution in [0.2, 0.25) is 0 Å². The summed E-state index contributed by atoms with van der Waals surface area (Å²) in [5.41, 5.74) is 2.90. The topological polar surface area (TPSA) is 80.9 Å². The molecule has 21 heavy (non-hydrogen) atoms. The summed E-state index contributed by atoms with van der Waals surface area (Å²) in [6, 6.07) is 2.27. The highest BCUT2D eigenvalue weighted by Gasteiger charge is 2.27. The van der Waals surface area contributed by atoms with Crippen LogP contribution in [0.4, 0.5) is 0 Å². The van der Waals surface area contributed by atoms with Crippen LogP contribution in [-0.2, 0) is 6.54 Å². The van der Waals surface area contributed by atoms with Gasteiger partial charge in [-0.2, -0.15) is 0 Å². The molecule has 4 N–H and O–H groups in total. The van der Waals surface area contributed by atoms with Crippen LogP contribution in [0.1, 0.15) is 49.3 Å². The molecule has 4 rings (SSSR count). The van der Waals surface area contributed by atoms with Gasteiger partial charge in [0.15, 0.2) is 0 Å². The molecule has 2 saturated carbocycles. The van der Waals surface area contributed by atoms with Gasteiger partial charge >= 0.3 is 0 Å². The van der Waals surface area contributed by atoms with E-state index in [-0.39, 0.29) is 17.7 Å². The Morgan fingerprint density at radius 3 is 2.86 bits per heavy atom. The minimum absolute atomic E-state index is 0.0541. The van der Waals surface area contributed by atoms with E-state index in [0.717, 1.165) is 30.3 Å². The van der Waals surface area contributed by atoms with Gasteiger partial charge in [-0.15, -0.1) is 0 Å². The molecule has 2 aromatic heterocycles. The maximum absolute atomic E-state index is 12.0. The average Bonchev–Trinajstić information content (AvgIpc) is 3.08. The smallest absolute Gasteiger partial charge is 0.272 e. The van der Waals surface area contributed by atoms with Crippen molar-refractivity contribution in [1.82, 2.24) is 15.3 Å². The van der Waals surface area contributed by atoms with E-state index in [4.69, 9.17) is 0 Å². The highest BCUT2D eigenvalue weighted by Crippen LogP contribution is 2.42. The number of aromatic nitrogens is 2. The van der Waals surface area contributed by atoms with E-state index in [2.05, 4.69) is 21.4 Å². The first kappa shape index (κ1) is 13.1. The monoisotopic (exact) mass is 287 g/mol. The zero-order valence-corrected chi connectivity index (χ0v) is 12.0. The fraction of sp³-hybridized carbons (Fsp3) is 0.562. The van der Waals surface area contributed by atoms with E-state index in [1.165, 1.54) is 18.4 Å². The second-order valence-corrected chi connectivity index (χ2v) is 6.42. The Morgan fingerprint density at radius 1 is 1.29 bits per heavy atom. The van der Waals surface area contributed by atoms with Crippen LogP contribution < -0.4 is 10.9 Å². The Labute approximate surface area is 122 Å². The molecular weight excluding hydrogens is 266 g/mol. The molecule has 0 aliphatic heterocycles. The summed E-state index contributed by atoms with van der Waals surface area (Å²) >= 11 is 0. The van der Waals surface area contributed by atoms with Gasteiger partial charge in [-0.3, -0.25) is 4.79 Å². The first-order valence-corrected chi connectivity index (χ1v) is 7.87. The number of hydrogen-bond acceptors (Lipinski definition) is 3. The van der Waals surface area contributed by atoms with Gasteiger partial charge in [0.1, 0.15) is 5.52 Å². The maximum atomic E-state index is 12.0. The summed E-state index contributed by atoms with van der Waals surface area (Å²) in [7, 11) is 0. The summed E-state index contributed by atoms with van der Waals surface area (Å²) in [6.07, 6.45) is 7.05. The van der Waals surface area contributed by atoms with Crippen LogP contribution in [0.5, 0.6) is 0 Å². The summed E-state index contributed by atoms with van der Waals surface area (Å²) in [4.78, 5) is 18.0. The lowest BCUT2D eigenvalue weighted by molar-refractivity contribution is 0.148. The largest absolute Gasteiger partial charge is 0.392 e. The normalized spacial score (nSPS) is 25.8. The molecule has 0 spiro atoms. The minimum Gasteiger partial charge on any atom is -0.392 e. The lowest BCUT2D eigenvalue weighted by atomic mass is 10.1. The second-order valence-electron chi connectivity index (χ2n) is 6.42. The number of aliphatic hydroxyl groups is 1. The molecule has 2 aromatic rings. The number of aliphatic hydroxyl groups excluding tert-OH is 1. The van der Waals surface area contributed by atoms with Gasteiger partial charge in [0.25, 0.3) is 5.56 Å². The molecule has 112 valence electrons. The highest BCUT2D eigenvalue weighted by molar-refractivity contribution is 5.83. The van der Waals surface area contributed by atoms with Crippen molar-refractivity contribution in [1.29, 1.82) is 0 Å². The predicted molar refractivity (Wildman–Crippen MR) is 81.4 cm³/mol. The number of H-pyrrole nitrogens is 2. The Morgan fingerprint density at radius 2 is 2.14 bits per heavy atom. The third-order valence-corrected chi connectivity index (χ3v) is 4.82. The molecule has 0 unspecified atom stereocenters. The van der Waals surface area contributed by atoms with Crippen LogP contribution in [-0.4, -0.2) is 27.2 Å². The molecule has 0 bridgehead atoms. The lowest BCUT2D eigenvalue weighted by Crippen LogP contribution is -2.35. The molecule has 5 nitrogen and oxygen atoms in total. The van der Waals surface area contributed by atoms with Crippen LogP contribution in [0.3, 0.4) is 0 Å². The second kappa shape index (κ2) is 5.00. The Bertz CT molecular complexity index is 714. The first-order chi connectivity index (χ1) is 10.2. The van der Waals surface area contributed by atoms with Gasteiger partial charge in [0.05, 0.1) is 6.10 Å². The number of rotatable bonds is 4. The summed E-state index contributed by atoms with van der Waals surface area (Å²) in [5.74, 6) is 0.609. The van der Waals surface area contributed by atoms with Gasteiger partial charge < -0.3 is 20.4 Å². The van der Waals surface area contributed by atoms with Crippen molar-refractivity contribution in [2.45, 2.75) is 56.7 Å². The van der Waals surface area contributed by atoms with Crippen molar-refractivity contribution in [3.63, 3.8) is 0 Å². The number of aromatic amines is 2. The quantitative estimate of drug-likeness (QED) is 0.691. The van der Waals surface area contributed by atoms with Crippen molar-refractivity contribution in [3.8, 4) is 0 Å². The van der Waals surface area contributed by atoms with Gasteiger partial charge in [0, 0.05) is 29.9 Å². The van der Waals surface area contributed by atoms with E-state index in [1.807, 2.05) is 6.20 Å². The van der Waals surface area contributed by atoms with Gasteiger partial charge in [-0.1, -0.05) is 0 Å². The molecular formula is C16H21N3O2. The summed E-state index contributed by atoms with van der Waals surface area (Å²) < 4.78 is 0. The standard InChI is InChI=1S/C16H21N3O2/c20-14-3-1-2-13(14)17-7-10-6-11-12(9-4-5-9)8-18-16(21)15(11)19-10/h6,8-9,13-14,17,19-20H,1-5,7H2,(H,18,21)/t13-,14+/m0/s1. The van der Waals surface area contributed by atoms with Crippen molar-refractivity contribution >= 4 is 10.9 Å². The molecule has 2 atom stereocenters. The molecule has 0 amide bonds. The van der Waals surface area contributed by atoms with Crippen LogP contribution >= 0.6 is 0 Å². The van der Waals surface area contributed by atoms with Crippen molar-refractivity contribution in [2.75, 3.05) is 0 Å². The maximum Gasteiger partial charge on any atom is 0.272 e. The molecule has 2 fully saturated rings. The fourth-order valence-electron chi connectivity index (χ4n) is 3.46. The lowest BCUT2D eigenvalue weighted by Gasteiger charge is -2.15. The molecule has 0 aromatic carbocycles. The van der Waals surface area contributed by atoms with Crippen LogP contribution in [0, 0.1) is 0 Å². The van der Waals surface area contributed by atoms with E-state index in [1.54, 1.807) is 0 Å². The number of hydrogen-bond donors (Lipinski definition) is 4. The van der Waals surface area contributed by atoms with Crippen molar-refractivity contribution in [3.05, 3.63) is 33.9 Å².